The monoisotopic (exact) mass is 421 g/mol. The van der Waals surface area contributed by atoms with E-state index in [2.05, 4.69) is 40.0 Å². The summed E-state index contributed by atoms with van der Waals surface area (Å²) < 4.78 is 1.01. The molecule has 0 fully saturated rings. The van der Waals surface area contributed by atoms with Gasteiger partial charge in [0.1, 0.15) is 5.70 Å². The van der Waals surface area contributed by atoms with E-state index >= 15 is 0 Å². The van der Waals surface area contributed by atoms with E-state index in [0.717, 1.165) is 26.9 Å². The van der Waals surface area contributed by atoms with Gasteiger partial charge in [0.05, 0.1) is 18.3 Å². The van der Waals surface area contributed by atoms with E-state index in [1.54, 1.807) is 6.08 Å². The van der Waals surface area contributed by atoms with Crippen LogP contribution in [-0.2, 0) is 4.79 Å². The van der Waals surface area contributed by atoms with Crippen molar-refractivity contribution < 1.29 is 4.79 Å². The number of carbonyl (C=O) groups is 1. The van der Waals surface area contributed by atoms with Crippen LogP contribution in [0.4, 0.5) is 0 Å². The zero-order chi connectivity index (χ0) is 18.8. The average molecular weight is 422 g/mol. The maximum Gasteiger partial charge on any atom is 0.271 e. The van der Waals surface area contributed by atoms with Crippen LogP contribution in [0.25, 0.3) is 0 Å². The van der Waals surface area contributed by atoms with Crippen LogP contribution in [0.5, 0.6) is 0 Å². The van der Waals surface area contributed by atoms with Crippen LogP contribution in [0.3, 0.4) is 0 Å². The van der Waals surface area contributed by atoms with Crippen molar-refractivity contribution in [2.45, 2.75) is 6.04 Å². The molecule has 0 aliphatic carbocycles. The Kier molecular flexibility index (Phi) is 4.94. The van der Waals surface area contributed by atoms with E-state index in [-0.39, 0.29) is 11.9 Å². The Labute approximate surface area is 167 Å². The van der Waals surface area contributed by atoms with Gasteiger partial charge in [-0.1, -0.05) is 64.5 Å². The summed E-state index contributed by atoms with van der Waals surface area (Å²) in [6.07, 6.45) is 1.77. The molecule has 5 heteroatoms. The highest BCUT2D eigenvalue weighted by Gasteiger charge is 2.42. The summed E-state index contributed by atoms with van der Waals surface area (Å²) in [4.78, 5) is 19.9. The number of hydrogen-bond acceptors (Lipinski definition) is 3. The number of nitrogens with one attached hydrogen (secondary N) is 1. The van der Waals surface area contributed by atoms with Crippen LogP contribution in [0, 0.1) is 0 Å². The molecular formula is C22H20BrN3O. The molecule has 1 N–H and O–H groups in total. The molecule has 27 heavy (non-hydrogen) atoms. The highest BCUT2D eigenvalue weighted by atomic mass is 79.9. The Hall–Kier alpha value is -2.66. The third kappa shape index (κ3) is 3.23. The van der Waals surface area contributed by atoms with Crippen molar-refractivity contribution in [2.75, 3.05) is 19.6 Å². The predicted molar refractivity (Wildman–Crippen MR) is 112 cm³/mol. The van der Waals surface area contributed by atoms with Crippen LogP contribution < -0.4 is 5.32 Å². The third-order valence-electron chi connectivity index (χ3n) is 4.83. The Morgan fingerprint density at radius 3 is 2.63 bits per heavy atom. The number of carbonyl (C=O) groups excluding carboxylic acids is 1. The smallest absolute Gasteiger partial charge is 0.271 e. The zero-order valence-corrected chi connectivity index (χ0v) is 16.4. The normalized spacial score (nSPS) is 19.3. The number of rotatable bonds is 4. The van der Waals surface area contributed by atoms with Crippen LogP contribution in [-0.4, -0.2) is 36.2 Å². The quantitative estimate of drug-likeness (QED) is 0.761. The molecule has 0 aromatic heterocycles. The molecule has 2 heterocycles. The molecular weight excluding hydrogens is 402 g/mol. The first-order valence-electron chi connectivity index (χ1n) is 8.96. The van der Waals surface area contributed by atoms with Crippen molar-refractivity contribution in [3.8, 4) is 0 Å². The van der Waals surface area contributed by atoms with Crippen LogP contribution >= 0.6 is 15.9 Å². The van der Waals surface area contributed by atoms with Gasteiger partial charge < -0.3 is 10.2 Å². The van der Waals surface area contributed by atoms with Crippen LogP contribution in [0.1, 0.15) is 17.2 Å². The first-order valence-corrected chi connectivity index (χ1v) is 9.75. The van der Waals surface area contributed by atoms with Crippen molar-refractivity contribution in [3.05, 3.63) is 94.1 Å². The minimum absolute atomic E-state index is 0.00310. The molecule has 4 nitrogen and oxygen atoms in total. The number of hydrogen-bond donors (Lipinski definition) is 1. The van der Waals surface area contributed by atoms with Gasteiger partial charge in [0, 0.05) is 28.7 Å². The molecule has 4 rings (SSSR count). The van der Waals surface area contributed by atoms with E-state index in [9.17, 15) is 4.79 Å². The number of halogens is 1. The lowest BCUT2D eigenvalue weighted by atomic mass is 9.91. The summed E-state index contributed by atoms with van der Waals surface area (Å²) in [6.45, 7) is 5.61. The lowest BCUT2D eigenvalue weighted by Gasteiger charge is -2.27. The van der Waals surface area contributed by atoms with Crippen molar-refractivity contribution in [1.82, 2.24) is 10.2 Å². The minimum atomic E-state index is -0.192. The highest BCUT2D eigenvalue weighted by Crippen LogP contribution is 2.40. The molecule has 0 spiro atoms. The summed E-state index contributed by atoms with van der Waals surface area (Å²) >= 11 is 3.50. The Morgan fingerprint density at radius 2 is 1.93 bits per heavy atom. The molecule has 1 amide bonds. The first-order chi connectivity index (χ1) is 13.2. The van der Waals surface area contributed by atoms with Gasteiger partial charge in [0.25, 0.3) is 5.91 Å². The van der Waals surface area contributed by atoms with Crippen molar-refractivity contribution in [2.24, 2.45) is 4.99 Å². The van der Waals surface area contributed by atoms with E-state index in [0.29, 0.717) is 25.3 Å². The Balaban J connectivity index is 1.90. The largest absolute Gasteiger partial charge is 0.378 e. The lowest BCUT2D eigenvalue weighted by Crippen LogP contribution is -2.33. The maximum absolute atomic E-state index is 13.2. The van der Waals surface area contributed by atoms with Crippen LogP contribution in [0.2, 0.25) is 0 Å². The number of benzene rings is 2. The van der Waals surface area contributed by atoms with Gasteiger partial charge in [-0.2, -0.15) is 0 Å². The Bertz CT molecular complexity index is 932. The molecule has 2 aromatic rings. The van der Waals surface area contributed by atoms with Gasteiger partial charge in [-0.25, -0.2) is 0 Å². The van der Waals surface area contributed by atoms with Gasteiger partial charge in [-0.05, 0) is 17.7 Å². The summed E-state index contributed by atoms with van der Waals surface area (Å²) in [5.41, 5.74) is 4.59. The number of amides is 1. The number of aliphatic imine (C=N–C) groups is 1. The molecule has 1 atom stereocenters. The summed E-state index contributed by atoms with van der Waals surface area (Å²) in [7, 11) is 0. The van der Waals surface area contributed by atoms with Crippen molar-refractivity contribution in [1.29, 1.82) is 0 Å². The molecule has 136 valence electrons. The third-order valence-corrected chi connectivity index (χ3v) is 5.36. The summed E-state index contributed by atoms with van der Waals surface area (Å²) in [6, 6.07) is 18.0. The highest BCUT2D eigenvalue weighted by molar-refractivity contribution is 9.10. The van der Waals surface area contributed by atoms with E-state index < -0.39 is 0 Å². The fourth-order valence-electron chi connectivity index (χ4n) is 3.68. The molecule has 2 aliphatic rings. The predicted octanol–water partition coefficient (Wildman–Crippen LogP) is 3.87. The summed E-state index contributed by atoms with van der Waals surface area (Å²) in [5.74, 6) is 0.00310. The van der Waals surface area contributed by atoms with Gasteiger partial charge in [-0.15, -0.1) is 6.58 Å². The second-order valence-corrected chi connectivity index (χ2v) is 7.43. The van der Waals surface area contributed by atoms with E-state index in [1.807, 2.05) is 47.4 Å². The lowest BCUT2D eigenvalue weighted by molar-refractivity contribution is -0.126. The maximum atomic E-state index is 13.2. The van der Waals surface area contributed by atoms with Gasteiger partial charge >= 0.3 is 0 Å². The molecule has 0 bridgehead atoms. The first kappa shape index (κ1) is 17.7. The second kappa shape index (κ2) is 7.53. The molecule has 2 aromatic carbocycles. The van der Waals surface area contributed by atoms with Gasteiger partial charge in [-0.3, -0.25) is 9.79 Å². The topological polar surface area (TPSA) is 44.7 Å². The van der Waals surface area contributed by atoms with E-state index in [1.165, 1.54) is 0 Å². The number of nitrogens with zero attached hydrogens (tertiary/aromatic N) is 2. The second-order valence-electron chi connectivity index (χ2n) is 6.51. The zero-order valence-electron chi connectivity index (χ0n) is 14.9. The van der Waals surface area contributed by atoms with Crippen molar-refractivity contribution >= 4 is 27.5 Å². The standard InChI is InChI=1S/C22H20BrN3O/c1-2-14-26-21(16-8-10-17(23)11-9-16)18-19(15-6-4-3-5-7-15)24-12-13-25-20(18)22(26)27/h2-11,21,25H,1,12-14H2. The van der Waals surface area contributed by atoms with Gasteiger partial charge in [0.2, 0.25) is 0 Å². The molecule has 2 aliphatic heterocycles. The average Bonchev–Trinajstić information content (AvgIpc) is 2.85. The Morgan fingerprint density at radius 1 is 1.19 bits per heavy atom. The van der Waals surface area contributed by atoms with Crippen molar-refractivity contribution in [3.63, 3.8) is 0 Å². The van der Waals surface area contributed by atoms with Crippen LogP contribution in [0.15, 0.2) is 88.0 Å². The molecule has 0 saturated heterocycles. The molecule has 0 saturated carbocycles. The fourth-order valence-corrected chi connectivity index (χ4v) is 3.95. The SMILES string of the molecule is C=CCN1C(=O)C2=C(C(c3ccccc3)=NCCN2)C1c1ccc(Br)cc1. The molecule has 1 unspecified atom stereocenters. The van der Waals surface area contributed by atoms with Gasteiger partial charge in [0.15, 0.2) is 0 Å². The molecule has 0 radical (unpaired) electrons. The fraction of sp³-hybridized carbons (Fsp3) is 0.182. The minimum Gasteiger partial charge on any atom is -0.378 e. The van der Waals surface area contributed by atoms with E-state index in [4.69, 9.17) is 4.99 Å². The summed E-state index contributed by atoms with van der Waals surface area (Å²) in [5, 5.41) is 3.32.